The van der Waals surface area contributed by atoms with Crippen LogP contribution in [0, 0.1) is 17.2 Å². The van der Waals surface area contributed by atoms with Gasteiger partial charge < -0.3 is 4.74 Å². The molecule has 5 heteroatoms. The molecule has 0 unspecified atom stereocenters. The number of nitrogens with zero attached hydrogens (tertiary/aromatic N) is 2. The van der Waals surface area contributed by atoms with Crippen LogP contribution >= 0.6 is 0 Å². The number of ether oxygens (including phenoxy) is 1. The van der Waals surface area contributed by atoms with Crippen LogP contribution < -0.4 is 5.32 Å². The zero-order valence-electron chi connectivity index (χ0n) is 13.5. The van der Waals surface area contributed by atoms with Gasteiger partial charge in [-0.1, -0.05) is 36.4 Å². The van der Waals surface area contributed by atoms with E-state index in [1.807, 2.05) is 48.5 Å². The molecule has 0 aliphatic carbocycles. The van der Waals surface area contributed by atoms with Gasteiger partial charge in [0.2, 0.25) is 0 Å². The van der Waals surface area contributed by atoms with Crippen molar-refractivity contribution in [2.24, 2.45) is 5.92 Å². The second-order valence-electron chi connectivity index (χ2n) is 6.05. The van der Waals surface area contributed by atoms with Crippen molar-refractivity contribution in [3.05, 3.63) is 66.0 Å². The molecule has 0 radical (unpaired) electrons. The average molecular weight is 321 g/mol. The van der Waals surface area contributed by atoms with Gasteiger partial charge in [-0.3, -0.25) is 15.1 Å². The van der Waals surface area contributed by atoms with Crippen LogP contribution in [0.2, 0.25) is 0 Å². The van der Waals surface area contributed by atoms with Crippen molar-refractivity contribution in [1.82, 2.24) is 10.3 Å². The first-order chi connectivity index (χ1) is 11.7. The lowest BCUT2D eigenvalue weighted by Crippen LogP contribution is -2.50. The van der Waals surface area contributed by atoms with Crippen molar-refractivity contribution >= 4 is 5.97 Å². The fourth-order valence-corrected chi connectivity index (χ4v) is 3.39. The zero-order valence-corrected chi connectivity index (χ0v) is 13.5. The van der Waals surface area contributed by atoms with E-state index < -0.39 is 5.54 Å². The van der Waals surface area contributed by atoms with Gasteiger partial charge in [-0.15, -0.1) is 0 Å². The Morgan fingerprint density at radius 1 is 1.33 bits per heavy atom. The largest absolute Gasteiger partial charge is 0.468 e. The molecule has 24 heavy (non-hydrogen) atoms. The zero-order chi connectivity index (χ0) is 17.0. The van der Waals surface area contributed by atoms with Gasteiger partial charge in [-0.25, -0.2) is 0 Å². The van der Waals surface area contributed by atoms with Gasteiger partial charge in [-0.05, 0) is 24.1 Å². The maximum Gasteiger partial charge on any atom is 0.326 e. The fraction of sp³-hybridized carbons (Fsp3) is 0.316. The SMILES string of the molecule is COC(=O)[C@@]1(Cc2ccccc2)C[C@@H](C#N)[C@@H](c2ccccn2)N1. The summed E-state index contributed by atoms with van der Waals surface area (Å²) in [5, 5.41) is 12.9. The Morgan fingerprint density at radius 3 is 2.71 bits per heavy atom. The third-order valence-electron chi connectivity index (χ3n) is 4.50. The van der Waals surface area contributed by atoms with Crippen molar-refractivity contribution in [1.29, 1.82) is 5.26 Å². The minimum Gasteiger partial charge on any atom is -0.468 e. The van der Waals surface area contributed by atoms with E-state index in [1.165, 1.54) is 7.11 Å². The molecule has 3 rings (SSSR count). The van der Waals surface area contributed by atoms with Gasteiger partial charge in [0.25, 0.3) is 0 Å². The Labute approximate surface area is 141 Å². The van der Waals surface area contributed by atoms with E-state index in [0.717, 1.165) is 11.3 Å². The molecule has 1 aliphatic rings. The van der Waals surface area contributed by atoms with E-state index >= 15 is 0 Å². The molecule has 2 heterocycles. The first-order valence-corrected chi connectivity index (χ1v) is 7.89. The smallest absolute Gasteiger partial charge is 0.326 e. The summed E-state index contributed by atoms with van der Waals surface area (Å²) >= 11 is 0. The number of aromatic nitrogens is 1. The molecule has 2 aromatic rings. The summed E-state index contributed by atoms with van der Waals surface area (Å²) in [7, 11) is 1.38. The van der Waals surface area contributed by atoms with Crippen LogP contribution in [0.5, 0.6) is 0 Å². The van der Waals surface area contributed by atoms with Crippen molar-refractivity contribution in [3.8, 4) is 6.07 Å². The normalized spacial score (nSPS) is 25.8. The van der Waals surface area contributed by atoms with Crippen LogP contribution in [0.1, 0.15) is 23.7 Å². The number of hydrogen-bond donors (Lipinski definition) is 1. The highest BCUT2D eigenvalue weighted by atomic mass is 16.5. The highest BCUT2D eigenvalue weighted by Crippen LogP contribution is 2.39. The standard InChI is InChI=1S/C19H19N3O2/c1-24-18(23)19(11-14-7-3-2-4-8-14)12-15(13-20)17(22-19)16-9-5-6-10-21-16/h2-10,15,17,22H,11-12H2,1H3/t15-,17-,19+/m0/s1. The molecule has 1 N–H and O–H groups in total. The number of carbonyl (C=O) groups excluding carboxylic acids is 1. The first-order valence-electron chi connectivity index (χ1n) is 7.89. The summed E-state index contributed by atoms with van der Waals surface area (Å²) < 4.78 is 5.06. The first kappa shape index (κ1) is 16.2. The predicted molar refractivity (Wildman–Crippen MR) is 88.7 cm³/mol. The Balaban J connectivity index is 1.95. The second kappa shape index (κ2) is 6.81. The lowest BCUT2D eigenvalue weighted by molar-refractivity contribution is -0.148. The molecule has 1 aromatic carbocycles. The van der Waals surface area contributed by atoms with Crippen LogP contribution in [0.25, 0.3) is 0 Å². The lowest BCUT2D eigenvalue weighted by Gasteiger charge is -2.27. The average Bonchev–Trinajstić information content (AvgIpc) is 3.02. The summed E-state index contributed by atoms with van der Waals surface area (Å²) in [6.07, 6.45) is 2.56. The van der Waals surface area contributed by atoms with E-state index in [4.69, 9.17) is 4.74 Å². The molecule has 1 fully saturated rings. The third kappa shape index (κ3) is 3.01. The number of nitrogens with one attached hydrogen (secondary N) is 1. The summed E-state index contributed by atoms with van der Waals surface area (Å²) in [5.74, 6) is -0.687. The van der Waals surface area contributed by atoms with Crippen LogP contribution in [0.15, 0.2) is 54.7 Å². The highest BCUT2D eigenvalue weighted by Gasteiger charge is 2.51. The number of methoxy groups -OCH3 is 1. The minimum atomic E-state index is -0.918. The van der Waals surface area contributed by atoms with Crippen molar-refractivity contribution in [2.75, 3.05) is 7.11 Å². The van der Waals surface area contributed by atoms with E-state index in [0.29, 0.717) is 12.8 Å². The Bertz CT molecular complexity index is 742. The van der Waals surface area contributed by atoms with Crippen LogP contribution in [0.3, 0.4) is 0 Å². The Kier molecular flexibility index (Phi) is 4.59. The molecule has 5 nitrogen and oxygen atoms in total. The Hall–Kier alpha value is -2.71. The van der Waals surface area contributed by atoms with Crippen molar-refractivity contribution < 1.29 is 9.53 Å². The van der Waals surface area contributed by atoms with Crippen LogP contribution in [-0.4, -0.2) is 23.6 Å². The van der Waals surface area contributed by atoms with E-state index in [1.54, 1.807) is 6.20 Å². The Morgan fingerprint density at radius 2 is 2.08 bits per heavy atom. The molecule has 0 saturated carbocycles. The fourth-order valence-electron chi connectivity index (χ4n) is 3.39. The van der Waals surface area contributed by atoms with Gasteiger partial charge >= 0.3 is 5.97 Å². The van der Waals surface area contributed by atoms with Gasteiger partial charge in [0.05, 0.1) is 30.8 Å². The maximum absolute atomic E-state index is 12.6. The molecule has 1 aromatic heterocycles. The lowest BCUT2D eigenvalue weighted by atomic mass is 9.86. The van der Waals surface area contributed by atoms with Crippen LogP contribution in [-0.2, 0) is 16.0 Å². The van der Waals surface area contributed by atoms with Gasteiger partial charge in [0.15, 0.2) is 0 Å². The number of hydrogen-bond acceptors (Lipinski definition) is 5. The number of carbonyl (C=O) groups is 1. The third-order valence-corrected chi connectivity index (χ3v) is 4.50. The molecule has 0 amide bonds. The molecule has 122 valence electrons. The summed E-state index contributed by atoms with van der Waals surface area (Å²) in [4.78, 5) is 16.9. The highest BCUT2D eigenvalue weighted by molar-refractivity contribution is 5.82. The van der Waals surface area contributed by atoms with E-state index in [2.05, 4.69) is 16.4 Å². The summed E-state index contributed by atoms with van der Waals surface area (Å²) in [6, 6.07) is 17.4. The predicted octanol–water partition coefficient (Wildman–Crippen LogP) is 2.41. The number of benzene rings is 1. The molecule has 0 spiro atoms. The van der Waals surface area contributed by atoms with Gasteiger partial charge in [0.1, 0.15) is 5.54 Å². The topological polar surface area (TPSA) is 75.0 Å². The quantitative estimate of drug-likeness (QED) is 0.875. The van der Waals surface area contributed by atoms with E-state index in [-0.39, 0.29) is 17.9 Å². The molecule has 0 bridgehead atoms. The molecular formula is C19H19N3O2. The maximum atomic E-state index is 12.6. The molecule has 1 aliphatic heterocycles. The monoisotopic (exact) mass is 321 g/mol. The number of rotatable bonds is 4. The molecule has 3 atom stereocenters. The summed E-state index contributed by atoms with van der Waals surface area (Å²) in [5.41, 5.74) is 0.871. The molecular weight excluding hydrogens is 302 g/mol. The van der Waals surface area contributed by atoms with E-state index in [9.17, 15) is 10.1 Å². The van der Waals surface area contributed by atoms with Gasteiger partial charge in [-0.2, -0.15) is 5.26 Å². The minimum absolute atomic E-state index is 0.293. The van der Waals surface area contributed by atoms with Gasteiger partial charge in [0, 0.05) is 12.6 Å². The van der Waals surface area contributed by atoms with Crippen LogP contribution in [0.4, 0.5) is 0 Å². The number of nitriles is 1. The second-order valence-corrected chi connectivity index (χ2v) is 6.05. The molecule has 1 saturated heterocycles. The van der Waals surface area contributed by atoms with Crippen molar-refractivity contribution in [2.45, 2.75) is 24.4 Å². The number of pyridine rings is 1. The number of esters is 1. The summed E-state index contributed by atoms with van der Waals surface area (Å²) in [6.45, 7) is 0. The van der Waals surface area contributed by atoms with Crippen molar-refractivity contribution in [3.63, 3.8) is 0 Å².